The molecule has 0 nitrogen and oxygen atoms in total. The lowest BCUT2D eigenvalue weighted by Gasteiger charge is -2.25. The highest BCUT2D eigenvalue weighted by molar-refractivity contribution is 6.07. The second kappa shape index (κ2) is 8.95. The fraction of sp³-hybridized carbons (Fsp3) is 0.176. The van der Waals surface area contributed by atoms with Crippen LogP contribution >= 0.6 is 0 Å². The van der Waals surface area contributed by atoms with Crippen LogP contribution in [0.15, 0.2) is 109 Å². The van der Waals surface area contributed by atoms with Crippen LogP contribution in [-0.2, 0) is 0 Å². The van der Waals surface area contributed by atoms with Crippen LogP contribution in [0.3, 0.4) is 0 Å². The van der Waals surface area contributed by atoms with Crippen molar-refractivity contribution in [2.24, 2.45) is 0 Å². The smallest absolute Gasteiger partial charge is 0.0114 e. The van der Waals surface area contributed by atoms with E-state index in [0.29, 0.717) is 5.92 Å². The molecule has 0 saturated carbocycles. The Morgan fingerprint density at radius 3 is 1.18 bits per heavy atom. The average molecular weight is 439 g/mol. The number of hydrogen-bond acceptors (Lipinski definition) is 0. The van der Waals surface area contributed by atoms with Crippen molar-refractivity contribution in [2.75, 3.05) is 0 Å². The molecule has 0 radical (unpaired) electrons. The van der Waals surface area contributed by atoms with Crippen molar-refractivity contribution in [3.05, 3.63) is 120 Å². The summed E-state index contributed by atoms with van der Waals surface area (Å²) in [6.07, 6.45) is 4.89. The van der Waals surface area contributed by atoms with Crippen LogP contribution in [0.4, 0.5) is 0 Å². The van der Waals surface area contributed by atoms with Crippen LogP contribution in [0.1, 0.15) is 49.7 Å². The first-order valence-corrected chi connectivity index (χ1v) is 12.7. The van der Waals surface area contributed by atoms with Gasteiger partial charge in [-0.15, -0.1) is 0 Å². The highest BCUT2D eigenvalue weighted by Gasteiger charge is 2.23. The minimum Gasteiger partial charge on any atom is -0.0654 e. The summed E-state index contributed by atoms with van der Waals surface area (Å²) in [5.41, 5.74) is 2.98. The number of benzene rings is 6. The molecule has 0 unspecified atom stereocenters. The van der Waals surface area contributed by atoms with E-state index in [-0.39, 0.29) is 0 Å². The molecule has 0 aliphatic carbocycles. The van der Waals surface area contributed by atoms with Gasteiger partial charge in [0.1, 0.15) is 0 Å². The van der Waals surface area contributed by atoms with E-state index in [4.69, 9.17) is 0 Å². The zero-order valence-electron chi connectivity index (χ0n) is 19.8. The van der Waals surface area contributed by atoms with E-state index >= 15 is 0 Å². The number of unbranched alkanes of at least 4 members (excludes halogenated alkanes) is 2. The Bertz CT molecular complexity index is 1400. The minimum absolute atomic E-state index is 0.332. The molecule has 0 saturated heterocycles. The fourth-order valence-corrected chi connectivity index (χ4v) is 5.88. The molecule has 0 amide bonds. The van der Waals surface area contributed by atoms with Gasteiger partial charge < -0.3 is 0 Å². The third-order valence-electron chi connectivity index (χ3n) is 7.42. The van der Waals surface area contributed by atoms with Gasteiger partial charge in [0.05, 0.1) is 0 Å². The molecular weight excluding hydrogens is 408 g/mol. The van der Waals surface area contributed by atoms with Crippen LogP contribution in [-0.4, -0.2) is 0 Å². The zero-order chi connectivity index (χ0) is 22.9. The van der Waals surface area contributed by atoms with E-state index in [9.17, 15) is 0 Å². The lowest BCUT2D eigenvalue weighted by atomic mass is 9.78. The van der Waals surface area contributed by atoms with E-state index in [2.05, 4.69) is 116 Å². The number of hydrogen-bond donors (Lipinski definition) is 0. The monoisotopic (exact) mass is 438 g/mol. The highest BCUT2D eigenvalue weighted by Crippen LogP contribution is 2.44. The van der Waals surface area contributed by atoms with Gasteiger partial charge in [-0.05, 0) is 72.8 Å². The van der Waals surface area contributed by atoms with Crippen molar-refractivity contribution in [1.29, 1.82) is 0 Å². The van der Waals surface area contributed by atoms with Crippen molar-refractivity contribution in [2.45, 2.75) is 38.5 Å². The van der Waals surface area contributed by atoms with Gasteiger partial charge in [-0.1, -0.05) is 123 Å². The van der Waals surface area contributed by atoms with Crippen LogP contribution in [0.5, 0.6) is 0 Å². The maximum Gasteiger partial charge on any atom is 0.0114 e. The molecule has 0 aromatic heterocycles. The van der Waals surface area contributed by atoms with Gasteiger partial charge >= 0.3 is 0 Å². The molecule has 6 aromatic carbocycles. The number of rotatable bonds is 6. The molecule has 0 spiro atoms. The summed E-state index contributed by atoms with van der Waals surface area (Å²) in [5.74, 6) is 0.332. The fourth-order valence-electron chi connectivity index (χ4n) is 5.88. The third-order valence-corrected chi connectivity index (χ3v) is 7.42. The molecule has 6 aromatic rings. The topological polar surface area (TPSA) is 0 Å². The lowest BCUT2D eigenvalue weighted by molar-refractivity contribution is 0.627. The predicted molar refractivity (Wildman–Crippen MR) is 149 cm³/mol. The molecule has 0 heteroatoms. The van der Waals surface area contributed by atoms with Crippen molar-refractivity contribution in [1.82, 2.24) is 0 Å². The van der Waals surface area contributed by atoms with E-state index in [1.807, 2.05) is 0 Å². The van der Waals surface area contributed by atoms with Crippen molar-refractivity contribution >= 4 is 43.1 Å². The molecule has 0 N–H and O–H groups in total. The van der Waals surface area contributed by atoms with E-state index < -0.39 is 0 Å². The SMILES string of the molecule is CCCCCC(c1c2ccccc2cc2ccccc12)c1c2ccccc2cc2ccccc12. The summed E-state index contributed by atoms with van der Waals surface area (Å²) in [7, 11) is 0. The van der Waals surface area contributed by atoms with E-state index in [1.165, 1.54) is 73.5 Å². The Labute approximate surface area is 201 Å². The number of fused-ring (bicyclic) bond motifs is 4. The summed E-state index contributed by atoms with van der Waals surface area (Å²) < 4.78 is 0. The van der Waals surface area contributed by atoms with E-state index in [1.54, 1.807) is 0 Å². The molecule has 0 fully saturated rings. The molecule has 6 rings (SSSR count). The predicted octanol–water partition coefficient (Wildman–Crippen LogP) is 10.0. The van der Waals surface area contributed by atoms with Gasteiger partial charge in [0, 0.05) is 5.92 Å². The van der Waals surface area contributed by atoms with Crippen molar-refractivity contribution < 1.29 is 0 Å². The van der Waals surface area contributed by atoms with Gasteiger partial charge in [0.25, 0.3) is 0 Å². The molecule has 0 heterocycles. The molecule has 166 valence electrons. The summed E-state index contributed by atoms with van der Waals surface area (Å²) >= 11 is 0. The normalized spacial score (nSPS) is 11.8. The quantitative estimate of drug-likeness (QED) is 0.179. The Morgan fingerprint density at radius 2 is 0.824 bits per heavy atom. The Kier molecular flexibility index (Phi) is 5.51. The Balaban J connectivity index is 1.75. The van der Waals surface area contributed by atoms with Gasteiger partial charge in [0.15, 0.2) is 0 Å². The molecule has 0 aliphatic heterocycles. The summed E-state index contributed by atoms with van der Waals surface area (Å²) in [4.78, 5) is 0. The van der Waals surface area contributed by atoms with Crippen LogP contribution < -0.4 is 0 Å². The first-order chi connectivity index (χ1) is 16.8. The molecule has 0 aliphatic rings. The van der Waals surface area contributed by atoms with Crippen LogP contribution in [0.25, 0.3) is 43.1 Å². The van der Waals surface area contributed by atoms with Gasteiger partial charge in [0.2, 0.25) is 0 Å². The molecule has 34 heavy (non-hydrogen) atoms. The van der Waals surface area contributed by atoms with Gasteiger partial charge in [-0.2, -0.15) is 0 Å². The third kappa shape index (κ3) is 3.55. The second-order valence-electron chi connectivity index (χ2n) is 9.51. The standard InChI is InChI=1S/C34H30/c1-2-3-4-21-32(33-28-17-9-5-13-24(28)22-25-14-6-10-18-29(25)33)34-30-19-11-7-15-26(30)23-27-16-8-12-20-31(27)34/h5-20,22-23,32H,2-4,21H2,1H3. The molecular formula is C34H30. The highest BCUT2D eigenvalue weighted by atomic mass is 14.3. The lowest BCUT2D eigenvalue weighted by Crippen LogP contribution is -2.06. The zero-order valence-corrected chi connectivity index (χ0v) is 19.8. The summed E-state index contributed by atoms with van der Waals surface area (Å²) in [6, 6.07) is 40.6. The minimum atomic E-state index is 0.332. The Morgan fingerprint density at radius 1 is 0.471 bits per heavy atom. The van der Waals surface area contributed by atoms with Crippen LogP contribution in [0, 0.1) is 0 Å². The second-order valence-corrected chi connectivity index (χ2v) is 9.51. The first kappa shape index (κ1) is 20.9. The van der Waals surface area contributed by atoms with E-state index in [0.717, 1.165) is 6.42 Å². The van der Waals surface area contributed by atoms with Gasteiger partial charge in [-0.25, -0.2) is 0 Å². The maximum atomic E-state index is 2.36. The Hall–Kier alpha value is -3.64. The first-order valence-electron chi connectivity index (χ1n) is 12.7. The maximum absolute atomic E-state index is 2.36. The summed E-state index contributed by atoms with van der Waals surface area (Å²) in [6.45, 7) is 2.30. The molecule has 0 bridgehead atoms. The average Bonchev–Trinajstić information content (AvgIpc) is 2.89. The summed E-state index contributed by atoms with van der Waals surface area (Å²) in [5, 5.41) is 10.9. The van der Waals surface area contributed by atoms with Crippen molar-refractivity contribution in [3.8, 4) is 0 Å². The van der Waals surface area contributed by atoms with Gasteiger partial charge in [-0.3, -0.25) is 0 Å². The van der Waals surface area contributed by atoms with Crippen molar-refractivity contribution in [3.63, 3.8) is 0 Å². The largest absolute Gasteiger partial charge is 0.0654 e. The van der Waals surface area contributed by atoms with Crippen LogP contribution in [0.2, 0.25) is 0 Å². The molecule has 0 atom stereocenters.